The Hall–Kier alpha value is -1.49. The molecule has 0 aromatic rings. The highest BCUT2D eigenvalue weighted by Gasteiger charge is 2.42. The number of Topliss-reactive ketones (excluding diaryl/α,β-unsaturated/α-hetero) is 1. The van der Waals surface area contributed by atoms with Gasteiger partial charge in [0.1, 0.15) is 18.1 Å². The van der Waals surface area contributed by atoms with Gasteiger partial charge in [-0.3, -0.25) is 9.79 Å². The van der Waals surface area contributed by atoms with Crippen LogP contribution in [0.3, 0.4) is 0 Å². The number of hydrogen-bond donors (Lipinski definition) is 2. The minimum atomic E-state index is -1.12. The standard InChI is InChI=1S/C16H27NO3.C6H12O/c1-9(2)6-7-11-14(18)13(16(20)15(11)19)12(17-5)8-10(3)4;1-6(2)4-3-5-7/h9-11,15,18-19H,6-8H2,1-5H3;5-6H,3-4H2,1-2H3. The zero-order valence-electron chi connectivity index (χ0n) is 18.2. The molecular weight excluding hydrogens is 342 g/mol. The summed E-state index contributed by atoms with van der Waals surface area (Å²) in [5, 5.41) is 20.4. The van der Waals surface area contributed by atoms with Crippen LogP contribution in [0.1, 0.15) is 73.6 Å². The number of aldehydes is 1. The molecule has 1 aliphatic rings. The molecule has 2 N–H and O–H groups in total. The Kier molecular flexibility index (Phi) is 12.1. The predicted molar refractivity (Wildman–Crippen MR) is 111 cm³/mol. The molecule has 0 heterocycles. The fourth-order valence-corrected chi connectivity index (χ4v) is 2.98. The van der Waals surface area contributed by atoms with Crippen molar-refractivity contribution in [2.75, 3.05) is 7.05 Å². The lowest BCUT2D eigenvalue weighted by Crippen LogP contribution is -2.25. The number of aliphatic imine (C=N–C) groups is 1. The Labute approximate surface area is 165 Å². The molecule has 0 saturated heterocycles. The molecule has 27 heavy (non-hydrogen) atoms. The van der Waals surface area contributed by atoms with E-state index in [4.69, 9.17) is 0 Å². The summed E-state index contributed by atoms with van der Waals surface area (Å²) in [5.74, 6) is 0.675. The maximum absolute atomic E-state index is 12.2. The molecule has 1 aliphatic carbocycles. The van der Waals surface area contributed by atoms with E-state index < -0.39 is 12.0 Å². The normalized spacial score (nSPS) is 20.6. The van der Waals surface area contributed by atoms with Crippen molar-refractivity contribution in [1.29, 1.82) is 0 Å². The average Bonchev–Trinajstić information content (AvgIpc) is 2.79. The number of carbonyl (C=O) groups is 2. The average molecular weight is 382 g/mol. The van der Waals surface area contributed by atoms with Gasteiger partial charge in [0.15, 0.2) is 5.78 Å². The van der Waals surface area contributed by atoms with Crippen LogP contribution in [0.15, 0.2) is 16.3 Å². The van der Waals surface area contributed by atoms with E-state index in [0.29, 0.717) is 36.3 Å². The van der Waals surface area contributed by atoms with Gasteiger partial charge in [-0.05, 0) is 37.0 Å². The molecule has 0 amide bonds. The molecule has 0 spiro atoms. The van der Waals surface area contributed by atoms with Crippen molar-refractivity contribution in [1.82, 2.24) is 0 Å². The Balaban J connectivity index is 0.000000821. The second-order valence-corrected chi connectivity index (χ2v) is 8.55. The number of rotatable bonds is 9. The number of nitrogens with zero attached hydrogens (tertiary/aromatic N) is 1. The first-order valence-electron chi connectivity index (χ1n) is 10.1. The lowest BCUT2D eigenvalue weighted by Gasteiger charge is -2.15. The molecule has 1 rings (SSSR count). The first-order valence-corrected chi connectivity index (χ1v) is 10.1. The van der Waals surface area contributed by atoms with Gasteiger partial charge in [0.05, 0.1) is 11.5 Å². The van der Waals surface area contributed by atoms with Gasteiger partial charge in [-0.25, -0.2) is 0 Å². The quantitative estimate of drug-likeness (QED) is 0.454. The van der Waals surface area contributed by atoms with Gasteiger partial charge in [-0.2, -0.15) is 0 Å². The summed E-state index contributed by atoms with van der Waals surface area (Å²) in [4.78, 5) is 26.1. The third-order valence-electron chi connectivity index (χ3n) is 4.58. The Morgan fingerprint density at radius 1 is 1.07 bits per heavy atom. The molecule has 0 fully saturated rings. The van der Waals surface area contributed by atoms with E-state index in [9.17, 15) is 19.8 Å². The Bertz CT molecular complexity index is 532. The lowest BCUT2D eigenvalue weighted by atomic mass is 9.94. The molecule has 2 unspecified atom stereocenters. The highest BCUT2D eigenvalue weighted by Crippen LogP contribution is 2.34. The molecule has 0 radical (unpaired) electrons. The summed E-state index contributed by atoms with van der Waals surface area (Å²) in [6, 6.07) is 0. The van der Waals surface area contributed by atoms with Crippen LogP contribution in [0.2, 0.25) is 0 Å². The molecule has 0 aromatic heterocycles. The first-order chi connectivity index (χ1) is 12.6. The van der Waals surface area contributed by atoms with Gasteiger partial charge in [-0.1, -0.05) is 48.0 Å². The smallest absolute Gasteiger partial charge is 0.197 e. The number of aliphatic hydroxyl groups excluding tert-OH is 2. The summed E-state index contributed by atoms with van der Waals surface area (Å²) >= 11 is 0. The highest BCUT2D eigenvalue weighted by atomic mass is 16.3. The SMILES string of the molecule is CC(C)CCC=O.CN=C(CC(C)C)C1=C(O)C(CCC(C)C)C(O)C1=O. The summed E-state index contributed by atoms with van der Waals surface area (Å²) in [5.41, 5.74) is 0.857. The van der Waals surface area contributed by atoms with E-state index in [1.54, 1.807) is 7.05 Å². The van der Waals surface area contributed by atoms with Crippen molar-refractivity contribution in [3.05, 3.63) is 11.3 Å². The van der Waals surface area contributed by atoms with Crippen LogP contribution in [0.5, 0.6) is 0 Å². The summed E-state index contributed by atoms with van der Waals surface area (Å²) in [6.07, 6.45) is 3.73. The second-order valence-electron chi connectivity index (χ2n) is 8.55. The molecule has 0 saturated carbocycles. The van der Waals surface area contributed by atoms with Gasteiger partial charge >= 0.3 is 0 Å². The van der Waals surface area contributed by atoms with Crippen LogP contribution in [0.4, 0.5) is 0 Å². The van der Waals surface area contributed by atoms with Crippen molar-refractivity contribution in [3.63, 3.8) is 0 Å². The van der Waals surface area contributed by atoms with Crippen molar-refractivity contribution in [3.8, 4) is 0 Å². The Morgan fingerprint density at radius 2 is 1.63 bits per heavy atom. The van der Waals surface area contributed by atoms with E-state index in [0.717, 1.165) is 25.5 Å². The predicted octanol–water partition coefficient (Wildman–Crippen LogP) is 4.53. The van der Waals surface area contributed by atoms with Crippen molar-refractivity contribution < 1.29 is 19.8 Å². The molecular formula is C22H39NO4. The zero-order valence-corrected chi connectivity index (χ0v) is 18.2. The highest BCUT2D eigenvalue weighted by molar-refractivity contribution is 6.25. The van der Waals surface area contributed by atoms with E-state index in [1.165, 1.54) is 0 Å². The molecule has 0 bridgehead atoms. The second kappa shape index (κ2) is 12.8. The number of carbonyl (C=O) groups excluding carboxylic acids is 2. The van der Waals surface area contributed by atoms with Gasteiger partial charge < -0.3 is 15.0 Å². The summed E-state index contributed by atoms with van der Waals surface area (Å²) in [7, 11) is 1.62. The van der Waals surface area contributed by atoms with Crippen LogP contribution in [-0.4, -0.2) is 41.1 Å². The number of aliphatic hydroxyl groups is 2. The van der Waals surface area contributed by atoms with Gasteiger partial charge in [0, 0.05) is 19.2 Å². The number of hydrogen-bond acceptors (Lipinski definition) is 5. The fraction of sp³-hybridized carbons (Fsp3) is 0.773. The molecule has 0 aromatic carbocycles. The van der Waals surface area contributed by atoms with E-state index >= 15 is 0 Å². The van der Waals surface area contributed by atoms with Gasteiger partial charge in [0.2, 0.25) is 0 Å². The van der Waals surface area contributed by atoms with Crippen LogP contribution < -0.4 is 0 Å². The van der Waals surface area contributed by atoms with Crippen LogP contribution >= 0.6 is 0 Å². The molecule has 5 heteroatoms. The largest absolute Gasteiger partial charge is 0.511 e. The fourth-order valence-electron chi connectivity index (χ4n) is 2.98. The maximum atomic E-state index is 12.2. The third-order valence-corrected chi connectivity index (χ3v) is 4.58. The van der Waals surface area contributed by atoms with E-state index in [-0.39, 0.29) is 17.1 Å². The Morgan fingerprint density at radius 3 is 2.00 bits per heavy atom. The van der Waals surface area contributed by atoms with E-state index in [1.807, 2.05) is 13.8 Å². The maximum Gasteiger partial charge on any atom is 0.197 e. The molecule has 0 aliphatic heterocycles. The van der Waals surface area contributed by atoms with Crippen molar-refractivity contribution in [2.24, 2.45) is 28.7 Å². The molecule has 2 atom stereocenters. The van der Waals surface area contributed by atoms with Crippen molar-refractivity contribution in [2.45, 2.75) is 79.8 Å². The van der Waals surface area contributed by atoms with Gasteiger partial charge in [0.25, 0.3) is 0 Å². The minimum absolute atomic E-state index is 0.0319. The monoisotopic (exact) mass is 381 g/mol. The molecule has 5 nitrogen and oxygen atoms in total. The number of ketones is 1. The van der Waals surface area contributed by atoms with Gasteiger partial charge in [-0.15, -0.1) is 0 Å². The lowest BCUT2D eigenvalue weighted by molar-refractivity contribution is -0.123. The van der Waals surface area contributed by atoms with Crippen LogP contribution in [0, 0.1) is 23.7 Å². The topological polar surface area (TPSA) is 87.0 Å². The zero-order chi connectivity index (χ0) is 21.1. The van der Waals surface area contributed by atoms with Crippen LogP contribution in [-0.2, 0) is 9.59 Å². The summed E-state index contributed by atoms with van der Waals surface area (Å²) in [6.45, 7) is 12.5. The summed E-state index contributed by atoms with van der Waals surface area (Å²) < 4.78 is 0. The van der Waals surface area contributed by atoms with Crippen molar-refractivity contribution >= 4 is 17.8 Å². The third kappa shape index (κ3) is 8.83. The minimum Gasteiger partial charge on any atom is -0.511 e. The van der Waals surface area contributed by atoms with E-state index in [2.05, 4.69) is 32.7 Å². The van der Waals surface area contributed by atoms with Crippen LogP contribution in [0.25, 0.3) is 0 Å². The first kappa shape index (κ1) is 25.5. The molecule has 156 valence electrons.